The van der Waals surface area contributed by atoms with Gasteiger partial charge in [0, 0.05) is 12.0 Å². The minimum absolute atomic E-state index is 0.185. The van der Waals surface area contributed by atoms with Crippen molar-refractivity contribution in [2.45, 2.75) is 12.5 Å². The maximum absolute atomic E-state index is 12.3. The van der Waals surface area contributed by atoms with Gasteiger partial charge in [0.05, 0.1) is 11.3 Å². The second-order valence-corrected chi connectivity index (χ2v) is 6.71. The van der Waals surface area contributed by atoms with Crippen LogP contribution in [0.25, 0.3) is 0 Å². The second kappa shape index (κ2) is 8.93. The Morgan fingerprint density at radius 2 is 1.80 bits per heavy atom. The van der Waals surface area contributed by atoms with Gasteiger partial charge in [0.25, 0.3) is 5.91 Å². The molecule has 1 N–H and O–H groups in total. The van der Waals surface area contributed by atoms with E-state index in [4.69, 9.17) is 14.7 Å². The summed E-state index contributed by atoms with van der Waals surface area (Å²) in [6, 6.07) is 26.3. The number of hydrogen-bond donors (Lipinski definition) is 1. The number of hydrazone groups is 1. The molecule has 0 saturated heterocycles. The van der Waals surface area contributed by atoms with Gasteiger partial charge >= 0.3 is 0 Å². The predicted molar refractivity (Wildman–Crippen MR) is 112 cm³/mol. The van der Waals surface area contributed by atoms with Crippen LogP contribution >= 0.6 is 0 Å². The zero-order valence-corrected chi connectivity index (χ0v) is 16.1. The second-order valence-electron chi connectivity index (χ2n) is 6.71. The van der Waals surface area contributed by atoms with Gasteiger partial charge in [0.2, 0.25) is 0 Å². The van der Waals surface area contributed by atoms with E-state index >= 15 is 0 Å². The fourth-order valence-corrected chi connectivity index (χ4v) is 3.24. The average molecular weight is 397 g/mol. The average Bonchev–Trinajstić information content (AvgIpc) is 2.81. The molecule has 1 aliphatic heterocycles. The van der Waals surface area contributed by atoms with Crippen LogP contribution in [0.2, 0.25) is 0 Å². The Kier molecular flexibility index (Phi) is 5.72. The Morgan fingerprint density at radius 3 is 2.63 bits per heavy atom. The van der Waals surface area contributed by atoms with E-state index in [1.807, 2.05) is 60.7 Å². The molecular formula is C24H19N3O3. The Morgan fingerprint density at radius 1 is 1.07 bits per heavy atom. The van der Waals surface area contributed by atoms with Gasteiger partial charge in [-0.15, -0.1) is 0 Å². The topological polar surface area (TPSA) is 83.7 Å². The first kappa shape index (κ1) is 19.2. The minimum atomic E-state index is -0.407. The first-order valence-corrected chi connectivity index (χ1v) is 9.53. The molecule has 0 radical (unpaired) electrons. The molecule has 30 heavy (non-hydrogen) atoms. The van der Waals surface area contributed by atoms with Crippen LogP contribution in [0.5, 0.6) is 11.5 Å². The molecule has 3 aromatic carbocycles. The summed E-state index contributed by atoms with van der Waals surface area (Å²) < 4.78 is 11.6. The van der Waals surface area contributed by atoms with Crippen LogP contribution in [0.1, 0.15) is 29.2 Å². The number of ether oxygens (including phenoxy) is 2. The number of carbonyl (C=O) groups is 1. The van der Waals surface area contributed by atoms with Gasteiger partial charge in [-0.2, -0.15) is 10.4 Å². The van der Waals surface area contributed by atoms with Crippen LogP contribution in [-0.4, -0.2) is 18.2 Å². The van der Waals surface area contributed by atoms with Gasteiger partial charge in [-0.25, -0.2) is 5.43 Å². The van der Waals surface area contributed by atoms with E-state index in [9.17, 15) is 4.79 Å². The Balaban J connectivity index is 1.47. The van der Waals surface area contributed by atoms with Crippen molar-refractivity contribution in [2.24, 2.45) is 5.10 Å². The number of benzene rings is 3. The summed E-state index contributed by atoms with van der Waals surface area (Å²) in [5.74, 6) is 0.684. The number of para-hydroxylation sites is 2. The summed E-state index contributed by atoms with van der Waals surface area (Å²) in [4.78, 5) is 12.3. The van der Waals surface area contributed by atoms with Crippen molar-refractivity contribution in [3.05, 3.63) is 95.6 Å². The minimum Gasteiger partial charge on any atom is -0.485 e. The molecule has 6 nitrogen and oxygen atoms in total. The van der Waals surface area contributed by atoms with E-state index in [-0.39, 0.29) is 12.7 Å². The lowest BCUT2D eigenvalue weighted by molar-refractivity contribution is -0.123. The quantitative estimate of drug-likeness (QED) is 0.660. The first-order valence-electron chi connectivity index (χ1n) is 9.53. The largest absolute Gasteiger partial charge is 0.485 e. The normalized spacial score (nSPS) is 16.1. The Bertz CT molecular complexity index is 1120. The maximum Gasteiger partial charge on any atom is 0.277 e. The summed E-state index contributed by atoms with van der Waals surface area (Å²) in [5, 5.41) is 13.5. The molecule has 4 rings (SSSR count). The number of amides is 1. The van der Waals surface area contributed by atoms with Crippen molar-refractivity contribution < 1.29 is 14.3 Å². The van der Waals surface area contributed by atoms with E-state index in [2.05, 4.69) is 10.5 Å². The smallest absolute Gasteiger partial charge is 0.277 e. The van der Waals surface area contributed by atoms with Crippen molar-refractivity contribution in [1.29, 1.82) is 5.26 Å². The van der Waals surface area contributed by atoms with Gasteiger partial charge < -0.3 is 9.47 Å². The molecule has 1 unspecified atom stereocenters. The lowest BCUT2D eigenvalue weighted by Crippen LogP contribution is -2.28. The third-order valence-corrected chi connectivity index (χ3v) is 4.70. The highest BCUT2D eigenvalue weighted by atomic mass is 16.5. The van der Waals surface area contributed by atoms with Crippen LogP contribution in [0.3, 0.4) is 0 Å². The number of carbonyl (C=O) groups excluding carboxylic acids is 1. The number of rotatable bonds is 5. The van der Waals surface area contributed by atoms with Gasteiger partial charge in [-0.1, -0.05) is 54.6 Å². The molecule has 1 atom stereocenters. The highest BCUT2D eigenvalue weighted by Crippen LogP contribution is 2.34. The first-order chi connectivity index (χ1) is 14.7. The van der Waals surface area contributed by atoms with Crippen molar-refractivity contribution in [2.75, 3.05) is 6.61 Å². The van der Waals surface area contributed by atoms with Crippen LogP contribution < -0.4 is 14.9 Å². The Hall–Kier alpha value is -4.11. The van der Waals surface area contributed by atoms with Gasteiger partial charge in [0.1, 0.15) is 23.7 Å². The fraction of sp³-hybridized carbons (Fsp3) is 0.125. The SMILES string of the molecule is N#Cc1ccccc1OCC(=O)N/N=C1/CC(c2ccccc2)Oc2ccccc21. The number of nitriles is 1. The van der Waals surface area contributed by atoms with Crippen molar-refractivity contribution in [1.82, 2.24) is 5.43 Å². The molecule has 0 bridgehead atoms. The highest BCUT2D eigenvalue weighted by molar-refractivity contribution is 6.04. The number of hydrogen-bond acceptors (Lipinski definition) is 5. The van der Waals surface area contributed by atoms with Crippen LogP contribution in [0, 0.1) is 11.3 Å². The molecule has 1 aliphatic rings. The molecule has 0 fully saturated rings. The standard InChI is InChI=1S/C24H19N3O3/c25-15-18-10-4-6-12-21(18)29-16-24(28)27-26-20-14-23(17-8-2-1-3-9-17)30-22-13-7-5-11-19(20)22/h1-13,23H,14,16H2,(H,27,28)/b26-20-. The van der Waals surface area contributed by atoms with Crippen molar-refractivity contribution in [3.8, 4) is 17.6 Å². The molecule has 1 amide bonds. The van der Waals surface area contributed by atoms with Gasteiger partial charge in [-0.3, -0.25) is 4.79 Å². The van der Waals surface area contributed by atoms with Crippen LogP contribution in [-0.2, 0) is 4.79 Å². The number of nitrogens with zero attached hydrogens (tertiary/aromatic N) is 2. The number of nitrogens with one attached hydrogen (secondary N) is 1. The van der Waals surface area contributed by atoms with Crippen LogP contribution in [0.4, 0.5) is 0 Å². The lowest BCUT2D eigenvalue weighted by atomic mass is 9.96. The summed E-state index contributed by atoms with van der Waals surface area (Å²) in [7, 11) is 0. The highest BCUT2D eigenvalue weighted by Gasteiger charge is 2.26. The zero-order chi connectivity index (χ0) is 20.8. The summed E-state index contributed by atoms with van der Waals surface area (Å²) >= 11 is 0. The van der Waals surface area contributed by atoms with E-state index in [0.717, 1.165) is 22.6 Å². The van der Waals surface area contributed by atoms with Crippen molar-refractivity contribution >= 4 is 11.6 Å². The molecule has 0 saturated carbocycles. The molecule has 0 aliphatic carbocycles. The molecule has 0 aromatic heterocycles. The van der Waals surface area contributed by atoms with E-state index < -0.39 is 5.91 Å². The molecule has 148 valence electrons. The molecule has 3 aromatic rings. The van der Waals surface area contributed by atoms with Gasteiger partial charge in [0.15, 0.2) is 6.61 Å². The maximum atomic E-state index is 12.3. The monoisotopic (exact) mass is 397 g/mol. The van der Waals surface area contributed by atoms with E-state index in [1.165, 1.54) is 0 Å². The summed E-state index contributed by atoms with van der Waals surface area (Å²) in [6.07, 6.45) is 0.342. The third-order valence-electron chi connectivity index (χ3n) is 4.70. The lowest BCUT2D eigenvalue weighted by Gasteiger charge is -2.27. The van der Waals surface area contributed by atoms with Gasteiger partial charge in [-0.05, 0) is 29.8 Å². The zero-order valence-electron chi connectivity index (χ0n) is 16.1. The summed E-state index contributed by atoms with van der Waals surface area (Å²) in [5.41, 5.74) is 5.56. The Labute approximate surface area is 174 Å². The van der Waals surface area contributed by atoms with E-state index in [0.29, 0.717) is 17.7 Å². The summed E-state index contributed by atoms with van der Waals surface area (Å²) in [6.45, 7) is -0.240. The van der Waals surface area contributed by atoms with Crippen LogP contribution in [0.15, 0.2) is 84.0 Å². The molecule has 6 heteroatoms. The molecule has 1 heterocycles. The molecule has 0 spiro atoms. The fourth-order valence-electron chi connectivity index (χ4n) is 3.24. The predicted octanol–water partition coefficient (Wildman–Crippen LogP) is 3.98. The molecular weight excluding hydrogens is 378 g/mol. The number of fused-ring (bicyclic) bond motifs is 1. The van der Waals surface area contributed by atoms with E-state index in [1.54, 1.807) is 24.3 Å². The third kappa shape index (κ3) is 4.31. The van der Waals surface area contributed by atoms with Crippen molar-refractivity contribution in [3.63, 3.8) is 0 Å².